The molecule has 1 atom stereocenters. The van der Waals surface area contributed by atoms with Gasteiger partial charge in [0, 0.05) is 39.3 Å². The SMILES string of the molecule is COc1ccc(CN2CCN(C(=O)[C@H]3CCCCN3C(=O)OC(C)(C)C)CC2)cc1. The minimum absolute atomic E-state index is 0.0599. The molecule has 0 unspecified atom stereocenters. The third-order valence-electron chi connectivity index (χ3n) is 5.67. The monoisotopic (exact) mass is 417 g/mol. The summed E-state index contributed by atoms with van der Waals surface area (Å²) in [6, 6.07) is 7.71. The van der Waals surface area contributed by atoms with E-state index in [4.69, 9.17) is 9.47 Å². The molecule has 2 aliphatic rings. The molecule has 0 saturated carbocycles. The predicted molar refractivity (Wildman–Crippen MR) is 115 cm³/mol. The molecule has 1 aromatic carbocycles. The van der Waals surface area contributed by atoms with E-state index in [2.05, 4.69) is 17.0 Å². The second-order valence-electron chi connectivity index (χ2n) is 9.13. The zero-order valence-corrected chi connectivity index (χ0v) is 18.7. The summed E-state index contributed by atoms with van der Waals surface area (Å²) in [6.07, 6.45) is 2.22. The van der Waals surface area contributed by atoms with Crippen LogP contribution in [-0.2, 0) is 16.1 Å². The summed E-state index contributed by atoms with van der Waals surface area (Å²) in [4.78, 5) is 31.8. The van der Waals surface area contributed by atoms with Crippen LogP contribution >= 0.6 is 0 Å². The first-order chi connectivity index (χ1) is 14.3. The molecule has 0 radical (unpaired) electrons. The van der Waals surface area contributed by atoms with Gasteiger partial charge in [-0.15, -0.1) is 0 Å². The maximum atomic E-state index is 13.2. The van der Waals surface area contributed by atoms with Crippen molar-refractivity contribution in [3.05, 3.63) is 29.8 Å². The van der Waals surface area contributed by atoms with Crippen LogP contribution in [0.5, 0.6) is 5.75 Å². The number of carbonyl (C=O) groups is 2. The molecule has 2 saturated heterocycles. The number of carbonyl (C=O) groups excluding carboxylic acids is 2. The van der Waals surface area contributed by atoms with E-state index >= 15 is 0 Å². The number of likely N-dealkylation sites (tertiary alicyclic amines) is 1. The normalized spacial score (nSPS) is 20.7. The van der Waals surface area contributed by atoms with Crippen LogP contribution in [0.4, 0.5) is 4.79 Å². The quantitative estimate of drug-likeness (QED) is 0.753. The third-order valence-corrected chi connectivity index (χ3v) is 5.67. The molecule has 2 fully saturated rings. The van der Waals surface area contributed by atoms with E-state index in [1.165, 1.54) is 5.56 Å². The van der Waals surface area contributed by atoms with E-state index in [1.54, 1.807) is 12.0 Å². The molecule has 3 rings (SSSR count). The fraction of sp³-hybridized carbons (Fsp3) is 0.652. The van der Waals surface area contributed by atoms with Gasteiger partial charge in [0.05, 0.1) is 7.11 Å². The number of hydrogen-bond donors (Lipinski definition) is 0. The Morgan fingerprint density at radius 1 is 1.00 bits per heavy atom. The molecule has 0 N–H and O–H groups in total. The fourth-order valence-electron chi connectivity index (χ4n) is 4.05. The van der Waals surface area contributed by atoms with Crippen molar-refractivity contribution < 1.29 is 19.1 Å². The van der Waals surface area contributed by atoms with Crippen LogP contribution in [0, 0.1) is 0 Å². The van der Waals surface area contributed by atoms with Gasteiger partial charge in [-0.05, 0) is 57.7 Å². The van der Waals surface area contributed by atoms with Crippen molar-refractivity contribution in [1.29, 1.82) is 0 Å². The summed E-state index contributed by atoms with van der Waals surface area (Å²) in [5.41, 5.74) is 0.675. The first kappa shape index (κ1) is 22.4. The van der Waals surface area contributed by atoms with Crippen LogP contribution < -0.4 is 4.74 Å². The number of ether oxygens (including phenoxy) is 2. The first-order valence-corrected chi connectivity index (χ1v) is 10.9. The van der Waals surface area contributed by atoms with Crippen molar-refractivity contribution >= 4 is 12.0 Å². The second-order valence-corrected chi connectivity index (χ2v) is 9.13. The largest absolute Gasteiger partial charge is 0.497 e. The summed E-state index contributed by atoms with van der Waals surface area (Å²) in [7, 11) is 1.67. The molecule has 0 bridgehead atoms. The van der Waals surface area contributed by atoms with E-state index in [-0.39, 0.29) is 12.0 Å². The summed E-state index contributed by atoms with van der Waals surface area (Å²) in [5, 5.41) is 0. The van der Waals surface area contributed by atoms with Gasteiger partial charge in [-0.25, -0.2) is 4.79 Å². The number of methoxy groups -OCH3 is 1. The Morgan fingerprint density at radius 3 is 2.27 bits per heavy atom. The van der Waals surface area contributed by atoms with Crippen LogP contribution in [0.3, 0.4) is 0 Å². The van der Waals surface area contributed by atoms with Crippen LogP contribution in [0.2, 0.25) is 0 Å². The van der Waals surface area contributed by atoms with Gasteiger partial charge in [-0.2, -0.15) is 0 Å². The Balaban J connectivity index is 1.54. The van der Waals surface area contributed by atoms with Gasteiger partial charge in [-0.1, -0.05) is 12.1 Å². The molecular weight excluding hydrogens is 382 g/mol. The lowest BCUT2D eigenvalue weighted by Gasteiger charge is -2.41. The van der Waals surface area contributed by atoms with Crippen LogP contribution in [0.1, 0.15) is 45.6 Å². The number of amides is 2. The molecule has 30 heavy (non-hydrogen) atoms. The highest BCUT2D eigenvalue weighted by Crippen LogP contribution is 2.23. The molecule has 7 heteroatoms. The van der Waals surface area contributed by atoms with E-state index in [0.717, 1.165) is 38.2 Å². The lowest BCUT2D eigenvalue weighted by atomic mass is 10.0. The summed E-state index contributed by atoms with van der Waals surface area (Å²) >= 11 is 0. The topological polar surface area (TPSA) is 62.3 Å². The minimum atomic E-state index is -0.560. The number of hydrogen-bond acceptors (Lipinski definition) is 5. The van der Waals surface area contributed by atoms with E-state index in [1.807, 2.05) is 37.8 Å². The molecule has 1 aromatic rings. The maximum Gasteiger partial charge on any atom is 0.410 e. The predicted octanol–water partition coefficient (Wildman–Crippen LogP) is 3.13. The minimum Gasteiger partial charge on any atom is -0.497 e. The number of piperazine rings is 1. The number of rotatable bonds is 4. The van der Waals surface area contributed by atoms with Crippen molar-refractivity contribution in [3.8, 4) is 5.75 Å². The molecule has 0 aliphatic carbocycles. The van der Waals surface area contributed by atoms with E-state index in [9.17, 15) is 9.59 Å². The Morgan fingerprint density at radius 2 is 1.67 bits per heavy atom. The molecule has 2 aliphatic heterocycles. The Kier molecular flexibility index (Phi) is 7.23. The van der Waals surface area contributed by atoms with Gasteiger partial charge in [0.2, 0.25) is 5.91 Å². The van der Waals surface area contributed by atoms with Crippen molar-refractivity contribution in [1.82, 2.24) is 14.7 Å². The van der Waals surface area contributed by atoms with Crippen molar-refractivity contribution in [2.75, 3.05) is 39.8 Å². The van der Waals surface area contributed by atoms with Crippen LogP contribution in [0.25, 0.3) is 0 Å². The van der Waals surface area contributed by atoms with Crippen LogP contribution in [-0.4, -0.2) is 78.2 Å². The smallest absolute Gasteiger partial charge is 0.410 e. The highest BCUT2D eigenvalue weighted by atomic mass is 16.6. The average Bonchev–Trinajstić information content (AvgIpc) is 2.73. The molecule has 0 spiro atoms. The van der Waals surface area contributed by atoms with Gasteiger partial charge in [0.15, 0.2) is 0 Å². The summed E-state index contributed by atoms with van der Waals surface area (Å²) < 4.78 is 10.8. The Hall–Kier alpha value is -2.28. The van der Waals surface area contributed by atoms with Crippen molar-refractivity contribution in [2.24, 2.45) is 0 Å². The standard InChI is InChI=1S/C23H35N3O4/c1-23(2,3)30-22(28)26-12-6-5-7-20(26)21(27)25-15-13-24(14-16-25)17-18-8-10-19(29-4)11-9-18/h8-11,20H,5-7,12-17H2,1-4H3/t20-/m1/s1. The molecule has 166 valence electrons. The zero-order valence-electron chi connectivity index (χ0n) is 18.7. The second kappa shape index (κ2) is 9.69. The van der Waals surface area contributed by atoms with Gasteiger partial charge in [-0.3, -0.25) is 14.6 Å². The van der Waals surface area contributed by atoms with Crippen molar-refractivity contribution in [2.45, 2.75) is 58.2 Å². The number of benzene rings is 1. The lowest BCUT2D eigenvalue weighted by Crippen LogP contribution is -2.57. The number of piperidine rings is 1. The lowest BCUT2D eigenvalue weighted by molar-refractivity contribution is -0.140. The summed E-state index contributed by atoms with van der Waals surface area (Å²) in [6.45, 7) is 10.0. The zero-order chi connectivity index (χ0) is 21.7. The third kappa shape index (κ3) is 5.88. The maximum absolute atomic E-state index is 13.2. The summed E-state index contributed by atoms with van der Waals surface area (Å²) in [5.74, 6) is 0.917. The number of nitrogens with zero attached hydrogens (tertiary/aromatic N) is 3. The highest BCUT2D eigenvalue weighted by molar-refractivity contribution is 5.86. The molecule has 7 nitrogen and oxygen atoms in total. The van der Waals surface area contributed by atoms with Crippen molar-refractivity contribution in [3.63, 3.8) is 0 Å². The van der Waals surface area contributed by atoms with Gasteiger partial charge in [0.1, 0.15) is 17.4 Å². The molecule has 2 heterocycles. The average molecular weight is 418 g/mol. The highest BCUT2D eigenvalue weighted by Gasteiger charge is 2.37. The van der Waals surface area contributed by atoms with Crippen LogP contribution in [0.15, 0.2) is 24.3 Å². The van der Waals surface area contributed by atoms with Gasteiger partial charge < -0.3 is 14.4 Å². The van der Waals surface area contributed by atoms with E-state index < -0.39 is 11.6 Å². The Labute approximate surface area is 179 Å². The van der Waals surface area contributed by atoms with Gasteiger partial charge in [0.25, 0.3) is 0 Å². The first-order valence-electron chi connectivity index (χ1n) is 10.9. The van der Waals surface area contributed by atoms with E-state index in [0.29, 0.717) is 26.1 Å². The molecular formula is C23H35N3O4. The molecule has 0 aromatic heterocycles. The Bertz CT molecular complexity index is 721. The fourth-order valence-corrected chi connectivity index (χ4v) is 4.05. The molecule has 2 amide bonds. The van der Waals surface area contributed by atoms with Gasteiger partial charge >= 0.3 is 6.09 Å².